The van der Waals surface area contributed by atoms with E-state index in [2.05, 4.69) is 54.2 Å². The molecule has 4 aliphatic heterocycles. The van der Waals surface area contributed by atoms with Crippen molar-refractivity contribution in [3.8, 4) is 46.0 Å². The summed E-state index contributed by atoms with van der Waals surface area (Å²) in [6.45, 7) is 1.77. The molecule has 4 aromatic rings. The van der Waals surface area contributed by atoms with Crippen molar-refractivity contribution in [2.75, 3.05) is 54.2 Å². The smallest absolute Gasteiger partial charge is 0.204 e. The van der Waals surface area contributed by atoms with E-state index in [1.807, 2.05) is 24.3 Å². The van der Waals surface area contributed by atoms with Gasteiger partial charge in [0, 0.05) is 30.7 Å². The number of methoxy groups -OCH3 is 3. The highest BCUT2D eigenvalue weighted by Crippen LogP contribution is 2.52. The molecule has 4 heterocycles. The maximum absolute atomic E-state index is 10.9. The standard InChI is InChI=1S/C37H41N3O6/c1-39-12-10-23-18-30(42-3)31-20-26(23)28(39)16-22-14-27(38)35(41)32(17-22)45-25-8-6-21(7-9-25)15-29-34-24(11-13-40(29)2)19-33(43-4)36(44-5)37(34)46-31/h6-9,14,17-20,28-29,41H,10-13,15-16,38H2,1-5H3. The lowest BCUT2D eigenvalue weighted by Crippen LogP contribution is -2.34. The van der Waals surface area contributed by atoms with E-state index in [4.69, 9.17) is 29.4 Å². The molecule has 9 nitrogen and oxygen atoms in total. The Morgan fingerprint density at radius 2 is 1.41 bits per heavy atom. The number of rotatable bonds is 3. The first kappa shape index (κ1) is 30.1. The number of nitrogens with zero attached hydrogens (tertiary/aromatic N) is 2. The number of fused-ring (bicyclic) bond motifs is 2. The van der Waals surface area contributed by atoms with Crippen molar-refractivity contribution < 1.29 is 28.8 Å². The summed E-state index contributed by atoms with van der Waals surface area (Å²) in [6, 6.07) is 18.1. The summed E-state index contributed by atoms with van der Waals surface area (Å²) in [5.74, 6) is 4.02. The van der Waals surface area contributed by atoms with E-state index in [1.54, 1.807) is 21.3 Å². The quantitative estimate of drug-likeness (QED) is 0.197. The van der Waals surface area contributed by atoms with Crippen molar-refractivity contribution in [2.24, 2.45) is 0 Å². The van der Waals surface area contributed by atoms with Crippen molar-refractivity contribution in [1.29, 1.82) is 0 Å². The summed E-state index contributed by atoms with van der Waals surface area (Å²) in [6.07, 6.45) is 3.12. The zero-order chi connectivity index (χ0) is 32.1. The Morgan fingerprint density at radius 1 is 0.739 bits per heavy atom. The minimum absolute atomic E-state index is 0.00670. The van der Waals surface area contributed by atoms with Gasteiger partial charge in [-0.25, -0.2) is 0 Å². The number of aromatic hydroxyl groups is 1. The molecule has 0 saturated carbocycles. The van der Waals surface area contributed by atoms with Crippen LogP contribution in [-0.2, 0) is 25.7 Å². The number of ether oxygens (including phenoxy) is 5. The highest BCUT2D eigenvalue weighted by Gasteiger charge is 2.34. The normalized spacial score (nSPS) is 19.2. The van der Waals surface area contributed by atoms with Crippen LogP contribution in [0.2, 0.25) is 0 Å². The Kier molecular flexibility index (Phi) is 7.82. The maximum Gasteiger partial charge on any atom is 0.204 e. The average Bonchev–Trinajstić information content (AvgIpc) is 3.05. The number of hydrogen-bond donors (Lipinski definition) is 2. The van der Waals surface area contributed by atoms with Gasteiger partial charge in [0.15, 0.2) is 34.5 Å². The van der Waals surface area contributed by atoms with Crippen molar-refractivity contribution in [3.63, 3.8) is 0 Å². The Balaban J connectivity index is 1.47. The number of phenolic OH excluding ortho intramolecular Hbond substituents is 1. The van der Waals surface area contributed by atoms with E-state index in [-0.39, 0.29) is 23.5 Å². The molecule has 0 amide bonds. The third-order valence-corrected chi connectivity index (χ3v) is 9.78. The topological polar surface area (TPSA) is 98.9 Å². The third-order valence-electron chi connectivity index (χ3n) is 9.78. The average molecular weight is 624 g/mol. The molecule has 46 heavy (non-hydrogen) atoms. The second kappa shape index (κ2) is 12.0. The van der Waals surface area contributed by atoms with Crippen molar-refractivity contribution in [1.82, 2.24) is 9.80 Å². The first-order chi connectivity index (χ1) is 22.3. The number of anilines is 1. The Morgan fingerprint density at radius 3 is 2.13 bits per heavy atom. The van der Waals surface area contributed by atoms with Gasteiger partial charge in [-0.2, -0.15) is 0 Å². The first-order valence-electron chi connectivity index (χ1n) is 15.7. The molecular formula is C37H41N3O6. The van der Waals surface area contributed by atoms with Gasteiger partial charge in [0.2, 0.25) is 5.75 Å². The Bertz CT molecular complexity index is 1790. The van der Waals surface area contributed by atoms with Crippen molar-refractivity contribution in [3.05, 3.63) is 88.0 Å². The van der Waals surface area contributed by atoms with Gasteiger partial charge in [0.1, 0.15) is 5.75 Å². The van der Waals surface area contributed by atoms with Crippen LogP contribution < -0.4 is 29.4 Å². The maximum atomic E-state index is 10.9. The molecule has 240 valence electrons. The van der Waals surface area contributed by atoms with Crippen molar-refractivity contribution >= 4 is 5.69 Å². The van der Waals surface area contributed by atoms with Crippen LogP contribution in [0, 0.1) is 0 Å². The first-order valence-corrected chi connectivity index (χ1v) is 15.7. The Hall–Kier alpha value is -4.60. The van der Waals surface area contributed by atoms with Gasteiger partial charge in [-0.1, -0.05) is 12.1 Å². The molecule has 9 heteroatoms. The Labute approximate surface area is 270 Å². The summed E-state index contributed by atoms with van der Waals surface area (Å²) in [5.41, 5.74) is 13.3. The molecule has 6 bridgehead atoms. The summed E-state index contributed by atoms with van der Waals surface area (Å²) in [7, 11) is 9.28. The zero-order valence-corrected chi connectivity index (χ0v) is 27.1. The number of likely N-dealkylation sites (N-methyl/N-ethyl adjacent to an activating group) is 2. The van der Waals surface area contributed by atoms with Crippen LogP contribution in [0.5, 0.6) is 46.0 Å². The van der Waals surface area contributed by atoms with E-state index in [9.17, 15) is 5.11 Å². The van der Waals surface area contributed by atoms with Crippen LogP contribution in [0.3, 0.4) is 0 Å². The molecule has 4 aliphatic rings. The number of phenols is 1. The van der Waals surface area contributed by atoms with E-state index in [1.165, 1.54) is 11.1 Å². The molecular weight excluding hydrogens is 582 g/mol. The lowest BCUT2D eigenvalue weighted by atomic mass is 9.87. The summed E-state index contributed by atoms with van der Waals surface area (Å²) in [5, 5.41) is 10.9. The largest absolute Gasteiger partial charge is 0.503 e. The molecule has 0 spiro atoms. The predicted octanol–water partition coefficient (Wildman–Crippen LogP) is 6.44. The van der Waals surface area contributed by atoms with Gasteiger partial charge in [-0.15, -0.1) is 0 Å². The fourth-order valence-electron chi connectivity index (χ4n) is 7.23. The van der Waals surface area contributed by atoms with Crippen LogP contribution in [0.25, 0.3) is 0 Å². The van der Waals surface area contributed by atoms with E-state index in [0.29, 0.717) is 46.7 Å². The van der Waals surface area contributed by atoms with Gasteiger partial charge in [0.05, 0.1) is 27.0 Å². The molecule has 8 rings (SSSR count). The van der Waals surface area contributed by atoms with Gasteiger partial charge in [-0.05, 0) is 110 Å². The number of nitrogens with two attached hydrogens (primary N) is 1. The molecule has 3 N–H and O–H groups in total. The van der Waals surface area contributed by atoms with Gasteiger partial charge in [0.25, 0.3) is 0 Å². The fourth-order valence-corrected chi connectivity index (χ4v) is 7.23. The molecule has 2 unspecified atom stereocenters. The van der Waals surface area contributed by atoms with Crippen LogP contribution in [0.1, 0.15) is 45.5 Å². The third kappa shape index (κ3) is 5.23. The second-order valence-electron chi connectivity index (χ2n) is 12.5. The fraction of sp³-hybridized carbons (Fsp3) is 0.351. The van der Waals surface area contributed by atoms with Gasteiger partial charge < -0.3 is 34.5 Å². The molecule has 0 fully saturated rings. The van der Waals surface area contributed by atoms with E-state index >= 15 is 0 Å². The molecule has 0 aliphatic carbocycles. The highest BCUT2D eigenvalue weighted by molar-refractivity contribution is 5.65. The van der Waals surface area contributed by atoms with Crippen LogP contribution in [0.4, 0.5) is 5.69 Å². The molecule has 0 radical (unpaired) electrons. The minimum atomic E-state index is -0.0580. The minimum Gasteiger partial charge on any atom is -0.503 e. The molecule has 0 saturated heterocycles. The highest BCUT2D eigenvalue weighted by atomic mass is 16.5. The molecule has 2 atom stereocenters. The monoisotopic (exact) mass is 623 g/mol. The zero-order valence-electron chi connectivity index (χ0n) is 27.1. The summed E-state index contributed by atoms with van der Waals surface area (Å²) in [4.78, 5) is 4.71. The van der Waals surface area contributed by atoms with Gasteiger partial charge in [-0.3, -0.25) is 9.80 Å². The molecule has 0 aromatic heterocycles. The number of nitrogen functional groups attached to an aromatic ring is 1. The van der Waals surface area contributed by atoms with Gasteiger partial charge >= 0.3 is 0 Å². The number of benzene rings is 4. The van der Waals surface area contributed by atoms with Crippen LogP contribution >= 0.6 is 0 Å². The van der Waals surface area contributed by atoms with Crippen molar-refractivity contribution in [2.45, 2.75) is 37.8 Å². The van der Waals surface area contributed by atoms with E-state index < -0.39 is 0 Å². The van der Waals surface area contributed by atoms with Crippen LogP contribution in [0.15, 0.2) is 54.6 Å². The molecule has 4 aromatic carbocycles. The second-order valence-corrected chi connectivity index (χ2v) is 12.5. The lowest BCUT2D eigenvalue weighted by Gasteiger charge is -2.37. The number of hydrogen-bond acceptors (Lipinski definition) is 9. The summed E-state index contributed by atoms with van der Waals surface area (Å²) >= 11 is 0. The predicted molar refractivity (Wildman–Crippen MR) is 177 cm³/mol. The van der Waals surface area contributed by atoms with E-state index in [0.717, 1.165) is 54.6 Å². The SMILES string of the molecule is COc1cc2c3cc1Oc1c(OC)c(OC)cc4c1C(Cc1ccc(cc1)Oc1cc(cc(N)c1O)CC3N(C)CC2)N(C)CC4. The summed E-state index contributed by atoms with van der Waals surface area (Å²) < 4.78 is 31.0. The van der Waals surface area contributed by atoms with Crippen LogP contribution in [-0.4, -0.2) is 63.4 Å². The lowest BCUT2D eigenvalue weighted by molar-refractivity contribution is 0.220.